The Morgan fingerprint density at radius 2 is 2.07 bits per heavy atom. The number of carbonyl (C=O) groups is 1. The molecule has 7 heteroatoms. The third-order valence-corrected chi connectivity index (χ3v) is 6.99. The maximum Gasteiger partial charge on any atom is 0.272 e. The van der Waals surface area contributed by atoms with Crippen LogP contribution in [0.25, 0.3) is 11.3 Å². The Hall–Kier alpha value is -1.99. The number of hydrogen-bond acceptors (Lipinski definition) is 5. The summed E-state index contributed by atoms with van der Waals surface area (Å²) >= 11 is 1.97. The number of amides is 1. The summed E-state index contributed by atoms with van der Waals surface area (Å²) in [4.78, 5) is 18.0. The number of aromatic nitrogens is 2. The van der Waals surface area contributed by atoms with E-state index in [0.29, 0.717) is 5.69 Å². The van der Waals surface area contributed by atoms with Gasteiger partial charge in [-0.25, -0.2) is 0 Å². The number of nitrogens with one attached hydrogen (secondary N) is 1. The third kappa shape index (κ3) is 4.95. The average Bonchev–Trinajstić information content (AvgIpc) is 3.15. The molecule has 1 aromatic carbocycles. The summed E-state index contributed by atoms with van der Waals surface area (Å²) < 4.78 is 5.31. The van der Waals surface area contributed by atoms with E-state index < -0.39 is 0 Å². The van der Waals surface area contributed by atoms with Gasteiger partial charge in [-0.2, -0.15) is 16.9 Å². The van der Waals surface area contributed by atoms with E-state index in [1.54, 1.807) is 7.11 Å². The molecule has 2 aliphatic heterocycles. The number of methoxy groups -OCH3 is 1. The van der Waals surface area contributed by atoms with Crippen molar-refractivity contribution in [2.24, 2.45) is 0 Å². The van der Waals surface area contributed by atoms with Crippen molar-refractivity contribution in [2.75, 3.05) is 44.8 Å². The minimum absolute atomic E-state index is 0.0659. The molecule has 1 unspecified atom stereocenters. The van der Waals surface area contributed by atoms with E-state index in [0.717, 1.165) is 61.1 Å². The first-order valence-corrected chi connectivity index (χ1v) is 11.7. The van der Waals surface area contributed by atoms with E-state index in [9.17, 15) is 4.79 Å². The van der Waals surface area contributed by atoms with Crippen LogP contribution in [0, 0.1) is 0 Å². The summed E-state index contributed by atoms with van der Waals surface area (Å²) in [7, 11) is 1.65. The quantitative estimate of drug-likeness (QED) is 0.811. The van der Waals surface area contributed by atoms with Crippen molar-refractivity contribution in [1.29, 1.82) is 0 Å². The number of likely N-dealkylation sites (tertiary alicyclic amines) is 1. The molecule has 1 aromatic heterocycles. The monoisotopic (exact) mass is 414 g/mol. The van der Waals surface area contributed by atoms with Crippen LogP contribution in [0.15, 0.2) is 30.3 Å². The van der Waals surface area contributed by atoms with Crippen LogP contribution in [0.4, 0.5) is 0 Å². The number of rotatable bonds is 5. The van der Waals surface area contributed by atoms with Crippen molar-refractivity contribution in [3.8, 4) is 17.0 Å². The van der Waals surface area contributed by atoms with Crippen molar-refractivity contribution in [2.45, 2.75) is 31.7 Å². The minimum Gasteiger partial charge on any atom is -0.497 e. The van der Waals surface area contributed by atoms with E-state index >= 15 is 0 Å². The number of H-pyrrole nitrogens is 1. The topological polar surface area (TPSA) is 61.5 Å². The summed E-state index contributed by atoms with van der Waals surface area (Å²) in [6.07, 6.45) is 4.93. The molecule has 0 aliphatic carbocycles. The fourth-order valence-corrected chi connectivity index (χ4v) is 5.26. The molecular formula is C22H30N4O2S. The lowest BCUT2D eigenvalue weighted by molar-refractivity contribution is 0.0639. The summed E-state index contributed by atoms with van der Waals surface area (Å²) in [5.74, 6) is 2.98. The van der Waals surface area contributed by atoms with E-state index in [1.165, 1.54) is 19.3 Å². The van der Waals surface area contributed by atoms with Crippen LogP contribution in [0.1, 0.15) is 36.2 Å². The first-order chi connectivity index (χ1) is 14.2. The molecule has 1 N–H and O–H groups in total. The van der Waals surface area contributed by atoms with Crippen molar-refractivity contribution in [3.63, 3.8) is 0 Å². The number of piperidine rings is 1. The maximum absolute atomic E-state index is 13.4. The predicted molar refractivity (Wildman–Crippen MR) is 118 cm³/mol. The van der Waals surface area contributed by atoms with Crippen LogP contribution in [-0.4, -0.2) is 76.7 Å². The van der Waals surface area contributed by atoms with Gasteiger partial charge in [-0.15, -0.1) is 0 Å². The number of thioether (sulfide) groups is 1. The molecule has 0 saturated carbocycles. The smallest absolute Gasteiger partial charge is 0.272 e. The average molecular weight is 415 g/mol. The second kappa shape index (κ2) is 9.67. The highest BCUT2D eigenvalue weighted by Crippen LogP contribution is 2.25. The van der Waals surface area contributed by atoms with Crippen LogP contribution in [0.3, 0.4) is 0 Å². The Morgan fingerprint density at radius 3 is 2.90 bits per heavy atom. The molecule has 1 atom stereocenters. The molecule has 0 spiro atoms. The molecule has 2 aliphatic rings. The van der Waals surface area contributed by atoms with Gasteiger partial charge in [0.2, 0.25) is 0 Å². The summed E-state index contributed by atoms with van der Waals surface area (Å²) in [6.45, 7) is 4.12. The minimum atomic E-state index is 0.0659. The van der Waals surface area contributed by atoms with Gasteiger partial charge in [0.25, 0.3) is 5.91 Å². The second-order valence-corrected chi connectivity index (χ2v) is 8.99. The van der Waals surface area contributed by atoms with Gasteiger partial charge < -0.3 is 14.5 Å². The van der Waals surface area contributed by atoms with Gasteiger partial charge in [0, 0.05) is 24.4 Å². The number of ether oxygens (including phenoxy) is 1. The van der Waals surface area contributed by atoms with Crippen molar-refractivity contribution >= 4 is 17.7 Å². The molecule has 29 heavy (non-hydrogen) atoms. The summed E-state index contributed by atoms with van der Waals surface area (Å²) in [5.41, 5.74) is 2.28. The number of hydrogen-bond donors (Lipinski definition) is 1. The standard InChI is InChI=1S/C22H30N4O2S/c1-28-19-8-5-7-17(13-19)20-14-21(24-23-20)22(27)26-11-6-12-29-16-18(26)15-25-9-3-2-4-10-25/h5,7-8,13-14,18H,2-4,6,9-12,15-16H2,1H3,(H,23,24). The van der Waals surface area contributed by atoms with Gasteiger partial charge in [-0.1, -0.05) is 18.6 Å². The van der Waals surface area contributed by atoms with Gasteiger partial charge in [0.05, 0.1) is 18.8 Å². The molecule has 2 saturated heterocycles. The van der Waals surface area contributed by atoms with E-state index in [-0.39, 0.29) is 11.9 Å². The molecule has 2 aromatic rings. The molecule has 3 heterocycles. The van der Waals surface area contributed by atoms with E-state index in [1.807, 2.05) is 42.1 Å². The van der Waals surface area contributed by atoms with Gasteiger partial charge >= 0.3 is 0 Å². The molecule has 4 rings (SSSR count). The zero-order valence-corrected chi connectivity index (χ0v) is 17.9. The van der Waals surface area contributed by atoms with Gasteiger partial charge in [0.1, 0.15) is 11.4 Å². The van der Waals surface area contributed by atoms with E-state index in [2.05, 4.69) is 20.0 Å². The number of benzene rings is 1. The fraction of sp³-hybridized carbons (Fsp3) is 0.545. The van der Waals surface area contributed by atoms with Gasteiger partial charge in [-0.05, 0) is 56.3 Å². The Bertz CT molecular complexity index is 819. The van der Waals surface area contributed by atoms with Crippen LogP contribution in [0.2, 0.25) is 0 Å². The van der Waals surface area contributed by atoms with Crippen molar-refractivity contribution in [3.05, 3.63) is 36.0 Å². The lowest BCUT2D eigenvalue weighted by Crippen LogP contribution is -2.49. The zero-order chi connectivity index (χ0) is 20.1. The Kier molecular flexibility index (Phi) is 6.77. The van der Waals surface area contributed by atoms with E-state index in [4.69, 9.17) is 4.74 Å². The Labute approximate surface area is 177 Å². The SMILES string of the molecule is COc1cccc(-c2cc(C(=O)N3CCCSCC3CN3CCCCC3)[nH]n2)c1. The number of nitrogens with zero attached hydrogens (tertiary/aromatic N) is 3. The summed E-state index contributed by atoms with van der Waals surface area (Å²) in [5, 5.41) is 7.38. The van der Waals surface area contributed by atoms with Gasteiger partial charge in [-0.3, -0.25) is 9.89 Å². The number of carbonyl (C=O) groups excluding carboxylic acids is 1. The lowest BCUT2D eigenvalue weighted by Gasteiger charge is -2.35. The number of aromatic amines is 1. The normalized spacial score (nSPS) is 21.0. The maximum atomic E-state index is 13.4. The second-order valence-electron chi connectivity index (χ2n) is 7.84. The van der Waals surface area contributed by atoms with Crippen LogP contribution < -0.4 is 4.74 Å². The zero-order valence-electron chi connectivity index (χ0n) is 17.1. The summed E-state index contributed by atoms with van der Waals surface area (Å²) in [6, 6.07) is 9.89. The van der Waals surface area contributed by atoms with Crippen molar-refractivity contribution < 1.29 is 9.53 Å². The molecule has 0 radical (unpaired) electrons. The first kappa shape index (κ1) is 20.3. The first-order valence-electron chi connectivity index (χ1n) is 10.6. The van der Waals surface area contributed by atoms with Crippen molar-refractivity contribution in [1.82, 2.24) is 20.0 Å². The molecular weight excluding hydrogens is 384 g/mol. The Balaban J connectivity index is 1.50. The third-order valence-electron chi connectivity index (χ3n) is 5.79. The van der Waals surface area contributed by atoms with Crippen LogP contribution >= 0.6 is 11.8 Å². The fourth-order valence-electron chi connectivity index (χ4n) is 4.20. The highest BCUT2D eigenvalue weighted by atomic mass is 32.2. The molecule has 1 amide bonds. The lowest BCUT2D eigenvalue weighted by atomic mass is 10.1. The molecule has 0 bridgehead atoms. The van der Waals surface area contributed by atoms with Crippen LogP contribution in [0.5, 0.6) is 5.75 Å². The highest BCUT2D eigenvalue weighted by molar-refractivity contribution is 7.99. The predicted octanol–water partition coefficient (Wildman–Crippen LogP) is 3.52. The largest absolute Gasteiger partial charge is 0.497 e. The van der Waals surface area contributed by atoms with Crippen LogP contribution in [-0.2, 0) is 0 Å². The molecule has 156 valence electrons. The Morgan fingerprint density at radius 1 is 1.21 bits per heavy atom. The molecule has 6 nitrogen and oxygen atoms in total. The van der Waals surface area contributed by atoms with Gasteiger partial charge in [0.15, 0.2) is 0 Å². The molecule has 2 fully saturated rings. The highest BCUT2D eigenvalue weighted by Gasteiger charge is 2.29.